The quantitative estimate of drug-likeness (QED) is 0.379. The molecule has 0 aliphatic heterocycles. The van der Waals surface area contributed by atoms with Crippen LogP contribution in [0.5, 0.6) is 5.75 Å². The molecule has 3 aromatic rings. The van der Waals surface area contributed by atoms with Crippen LogP contribution < -0.4 is 15.5 Å². The van der Waals surface area contributed by atoms with Crippen LogP contribution in [0.25, 0.3) is 10.6 Å². The highest BCUT2D eigenvalue weighted by molar-refractivity contribution is 7.18. The van der Waals surface area contributed by atoms with E-state index in [2.05, 4.69) is 26.0 Å². The van der Waals surface area contributed by atoms with Crippen molar-refractivity contribution in [2.75, 3.05) is 11.9 Å². The highest BCUT2D eigenvalue weighted by atomic mass is 32.1. The molecule has 0 aliphatic rings. The van der Waals surface area contributed by atoms with Crippen molar-refractivity contribution < 1.29 is 14.3 Å². The predicted molar refractivity (Wildman–Crippen MR) is 107 cm³/mol. The summed E-state index contributed by atoms with van der Waals surface area (Å²) < 4.78 is 5.34. The Balaban J connectivity index is 1.52. The lowest BCUT2D eigenvalue weighted by Gasteiger charge is -2.02. The third-order valence-corrected chi connectivity index (χ3v) is 4.33. The molecule has 0 bridgehead atoms. The van der Waals surface area contributed by atoms with E-state index in [4.69, 9.17) is 4.74 Å². The number of carbonyl (C=O) groups is 2. The molecule has 2 amide bonds. The minimum absolute atomic E-state index is 0.231. The summed E-state index contributed by atoms with van der Waals surface area (Å²) in [4.78, 5) is 23.8. The van der Waals surface area contributed by atoms with Crippen molar-refractivity contribution in [3.63, 3.8) is 0 Å². The van der Waals surface area contributed by atoms with Gasteiger partial charge in [-0.2, -0.15) is 5.10 Å². The number of rotatable bonds is 6. The third kappa shape index (κ3) is 5.21. The molecule has 2 aromatic carbocycles. The molecule has 1 heterocycles. The SMILES string of the molecule is CCOc1ccc(/C=N/NC(=O)C(=O)Nc2nnc(-c3ccccc3)s2)cc1. The minimum Gasteiger partial charge on any atom is -0.494 e. The van der Waals surface area contributed by atoms with Crippen molar-refractivity contribution >= 4 is 34.5 Å². The second-order valence-corrected chi connectivity index (χ2v) is 6.41. The van der Waals surface area contributed by atoms with Crippen molar-refractivity contribution in [1.82, 2.24) is 15.6 Å². The van der Waals surface area contributed by atoms with E-state index in [-0.39, 0.29) is 5.13 Å². The van der Waals surface area contributed by atoms with Crippen molar-refractivity contribution in [2.45, 2.75) is 6.92 Å². The first-order chi connectivity index (χ1) is 13.7. The number of hydrogen-bond donors (Lipinski definition) is 2. The number of aromatic nitrogens is 2. The van der Waals surface area contributed by atoms with E-state index in [9.17, 15) is 9.59 Å². The van der Waals surface area contributed by atoms with E-state index in [1.165, 1.54) is 17.6 Å². The fraction of sp³-hybridized carbons (Fsp3) is 0.105. The molecule has 0 saturated heterocycles. The van der Waals surface area contributed by atoms with E-state index in [1.807, 2.05) is 37.3 Å². The summed E-state index contributed by atoms with van der Waals surface area (Å²) in [6, 6.07) is 16.6. The van der Waals surface area contributed by atoms with Gasteiger partial charge in [0, 0.05) is 5.56 Å². The molecule has 0 spiro atoms. The molecule has 0 atom stereocenters. The second-order valence-electron chi connectivity index (χ2n) is 5.43. The predicted octanol–water partition coefficient (Wildman–Crippen LogP) is 2.69. The van der Waals surface area contributed by atoms with Gasteiger partial charge in [0.25, 0.3) is 0 Å². The van der Waals surface area contributed by atoms with Gasteiger partial charge in [0.15, 0.2) is 0 Å². The van der Waals surface area contributed by atoms with E-state index >= 15 is 0 Å². The molecular weight excluding hydrogens is 378 g/mol. The Bertz CT molecular complexity index is 971. The van der Waals surface area contributed by atoms with Crippen molar-refractivity contribution in [2.24, 2.45) is 5.10 Å². The first-order valence-corrected chi connectivity index (χ1v) is 9.23. The van der Waals surface area contributed by atoms with E-state index in [0.29, 0.717) is 11.6 Å². The van der Waals surface area contributed by atoms with Gasteiger partial charge in [-0.25, -0.2) is 5.43 Å². The molecule has 0 aliphatic carbocycles. The van der Waals surface area contributed by atoms with Crippen LogP contribution in [0.3, 0.4) is 0 Å². The van der Waals surface area contributed by atoms with Gasteiger partial charge in [-0.3, -0.25) is 14.9 Å². The number of anilines is 1. The number of hydrazone groups is 1. The Morgan fingerprint density at radius 1 is 1.07 bits per heavy atom. The Labute approximate surface area is 165 Å². The number of nitrogens with zero attached hydrogens (tertiary/aromatic N) is 3. The van der Waals surface area contributed by atoms with Crippen molar-refractivity contribution in [3.05, 3.63) is 60.2 Å². The van der Waals surface area contributed by atoms with Gasteiger partial charge in [0.2, 0.25) is 5.13 Å². The second kappa shape index (κ2) is 9.38. The zero-order chi connectivity index (χ0) is 19.8. The van der Waals surface area contributed by atoms with Crippen molar-refractivity contribution in [1.29, 1.82) is 0 Å². The van der Waals surface area contributed by atoms with Gasteiger partial charge in [0.1, 0.15) is 10.8 Å². The minimum atomic E-state index is -0.904. The van der Waals surface area contributed by atoms with Gasteiger partial charge in [-0.05, 0) is 36.8 Å². The van der Waals surface area contributed by atoms with Crippen LogP contribution in [0, 0.1) is 0 Å². The highest BCUT2D eigenvalue weighted by Gasteiger charge is 2.16. The lowest BCUT2D eigenvalue weighted by atomic mass is 10.2. The summed E-state index contributed by atoms with van der Waals surface area (Å²) in [6.45, 7) is 2.49. The molecule has 3 rings (SSSR count). The molecular formula is C19H17N5O3S. The summed E-state index contributed by atoms with van der Waals surface area (Å²) >= 11 is 1.17. The van der Waals surface area contributed by atoms with E-state index in [1.54, 1.807) is 24.3 Å². The first-order valence-electron chi connectivity index (χ1n) is 8.42. The summed E-state index contributed by atoms with van der Waals surface area (Å²) in [5, 5.41) is 14.9. The number of benzene rings is 2. The van der Waals surface area contributed by atoms with Crippen LogP contribution >= 0.6 is 11.3 Å². The standard InChI is InChI=1S/C19H17N5O3S/c1-2-27-15-10-8-13(9-11-15)12-20-22-17(26)16(25)21-19-24-23-18(28-19)14-6-4-3-5-7-14/h3-12H,2H2,1H3,(H,22,26)(H,21,24,25)/b20-12+. The smallest absolute Gasteiger partial charge is 0.329 e. The number of carbonyl (C=O) groups excluding carboxylic acids is 2. The van der Waals surface area contributed by atoms with Crippen LogP contribution in [0.1, 0.15) is 12.5 Å². The summed E-state index contributed by atoms with van der Waals surface area (Å²) in [5.74, 6) is -1.03. The fourth-order valence-corrected chi connectivity index (χ4v) is 2.90. The number of amides is 2. The lowest BCUT2D eigenvalue weighted by Crippen LogP contribution is -2.32. The van der Waals surface area contributed by atoms with Crippen LogP contribution in [0.15, 0.2) is 59.7 Å². The van der Waals surface area contributed by atoms with Gasteiger partial charge in [0.05, 0.1) is 12.8 Å². The van der Waals surface area contributed by atoms with Gasteiger partial charge in [-0.15, -0.1) is 10.2 Å². The summed E-state index contributed by atoms with van der Waals surface area (Å²) in [5.41, 5.74) is 3.80. The Hall–Kier alpha value is -3.59. The van der Waals surface area contributed by atoms with Crippen molar-refractivity contribution in [3.8, 4) is 16.3 Å². The lowest BCUT2D eigenvalue weighted by molar-refractivity contribution is -0.136. The molecule has 8 nitrogen and oxygen atoms in total. The average molecular weight is 395 g/mol. The molecule has 0 fully saturated rings. The maximum Gasteiger partial charge on any atom is 0.329 e. The van der Waals surface area contributed by atoms with Gasteiger partial charge >= 0.3 is 11.8 Å². The van der Waals surface area contributed by atoms with Crippen LogP contribution in [-0.2, 0) is 9.59 Å². The largest absolute Gasteiger partial charge is 0.494 e. The molecule has 2 N–H and O–H groups in total. The number of hydrogen-bond acceptors (Lipinski definition) is 7. The van der Waals surface area contributed by atoms with E-state index in [0.717, 1.165) is 16.9 Å². The van der Waals surface area contributed by atoms with Gasteiger partial charge in [-0.1, -0.05) is 41.7 Å². The normalized spacial score (nSPS) is 10.6. The van der Waals surface area contributed by atoms with Crippen LogP contribution in [-0.4, -0.2) is 34.8 Å². The Morgan fingerprint density at radius 2 is 1.82 bits per heavy atom. The Morgan fingerprint density at radius 3 is 2.54 bits per heavy atom. The zero-order valence-electron chi connectivity index (χ0n) is 15.0. The maximum absolute atomic E-state index is 11.9. The summed E-state index contributed by atoms with van der Waals surface area (Å²) in [7, 11) is 0. The van der Waals surface area contributed by atoms with E-state index < -0.39 is 11.8 Å². The molecule has 28 heavy (non-hydrogen) atoms. The topological polar surface area (TPSA) is 106 Å². The summed E-state index contributed by atoms with van der Waals surface area (Å²) in [6.07, 6.45) is 1.43. The monoisotopic (exact) mass is 395 g/mol. The van der Waals surface area contributed by atoms with Crippen LogP contribution in [0.2, 0.25) is 0 Å². The Kier molecular flexibility index (Phi) is 6.42. The molecule has 0 saturated carbocycles. The first kappa shape index (κ1) is 19.2. The van der Waals surface area contributed by atoms with Crippen LogP contribution in [0.4, 0.5) is 5.13 Å². The maximum atomic E-state index is 11.9. The zero-order valence-corrected chi connectivity index (χ0v) is 15.8. The molecule has 0 radical (unpaired) electrons. The third-order valence-electron chi connectivity index (χ3n) is 3.44. The van der Waals surface area contributed by atoms with Gasteiger partial charge < -0.3 is 4.74 Å². The average Bonchev–Trinajstić information content (AvgIpc) is 3.18. The fourth-order valence-electron chi connectivity index (χ4n) is 2.16. The number of ether oxygens (including phenoxy) is 1. The number of nitrogens with one attached hydrogen (secondary N) is 2. The molecule has 142 valence electrons. The molecule has 1 aromatic heterocycles. The molecule has 0 unspecified atom stereocenters. The molecule has 9 heteroatoms. The highest BCUT2D eigenvalue weighted by Crippen LogP contribution is 2.25.